The van der Waals surface area contributed by atoms with Crippen LogP contribution >= 0.6 is 0 Å². The third-order valence-corrected chi connectivity index (χ3v) is 4.86. The molecule has 2 atom stereocenters. The van der Waals surface area contributed by atoms with Crippen molar-refractivity contribution in [2.75, 3.05) is 12.3 Å². The number of nitrogens with two attached hydrogens (primary N) is 1. The topological polar surface area (TPSA) is 72.2 Å². The lowest BCUT2D eigenvalue weighted by Gasteiger charge is -2.32. The van der Waals surface area contributed by atoms with Crippen molar-refractivity contribution in [3.05, 3.63) is 35.9 Å². The van der Waals surface area contributed by atoms with Crippen LogP contribution in [-0.2, 0) is 10.0 Å². The highest BCUT2D eigenvalue weighted by atomic mass is 32.2. The van der Waals surface area contributed by atoms with Gasteiger partial charge >= 0.3 is 0 Å². The first-order chi connectivity index (χ1) is 9.56. The standard InChI is InChI=1S/C15H24N2O2S/c16-20(18,19)12-6-11-17-15-10-5-4-9-14(15)13-7-2-1-3-8-13/h1-3,7-8,14-15,17H,4-6,9-12H2,(H2,16,18,19). The molecule has 3 N–H and O–H groups in total. The van der Waals surface area contributed by atoms with Crippen LogP contribution in [0.1, 0.15) is 43.6 Å². The Balaban J connectivity index is 1.88. The Morgan fingerprint density at radius 3 is 2.55 bits per heavy atom. The Morgan fingerprint density at radius 2 is 1.85 bits per heavy atom. The smallest absolute Gasteiger partial charge is 0.209 e. The Morgan fingerprint density at radius 1 is 1.15 bits per heavy atom. The molecule has 20 heavy (non-hydrogen) atoms. The van der Waals surface area contributed by atoms with Crippen LogP contribution in [0.2, 0.25) is 0 Å². The van der Waals surface area contributed by atoms with E-state index in [-0.39, 0.29) is 5.75 Å². The number of hydrogen-bond acceptors (Lipinski definition) is 3. The van der Waals surface area contributed by atoms with Gasteiger partial charge < -0.3 is 5.32 Å². The third-order valence-electron chi connectivity index (χ3n) is 4.01. The van der Waals surface area contributed by atoms with Gasteiger partial charge in [-0.3, -0.25) is 0 Å². The van der Waals surface area contributed by atoms with E-state index in [1.165, 1.54) is 24.8 Å². The molecule has 1 saturated carbocycles. The second-order valence-corrected chi connectivity index (χ2v) is 7.32. The molecule has 0 aromatic heterocycles. The van der Waals surface area contributed by atoms with E-state index in [9.17, 15) is 8.42 Å². The van der Waals surface area contributed by atoms with Crippen LogP contribution < -0.4 is 10.5 Å². The molecule has 0 amide bonds. The van der Waals surface area contributed by atoms with Gasteiger partial charge in [0, 0.05) is 6.04 Å². The third kappa shape index (κ3) is 4.89. The summed E-state index contributed by atoms with van der Waals surface area (Å²) in [5, 5.41) is 8.54. The van der Waals surface area contributed by atoms with E-state index in [1.54, 1.807) is 0 Å². The van der Waals surface area contributed by atoms with Gasteiger partial charge in [-0.05, 0) is 37.3 Å². The Bertz CT molecular complexity index is 502. The van der Waals surface area contributed by atoms with Gasteiger partial charge in [0.15, 0.2) is 0 Å². The zero-order chi connectivity index (χ0) is 14.4. The largest absolute Gasteiger partial charge is 0.313 e. The molecule has 1 aliphatic rings. The highest BCUT2D eigenvalue weighted by Crippen LogP contribution is 2.32. The van der Waals surface area contributed by atoms with Crippen LogP contribution in [0.5, 0.6) is 0 Å². The lowest BCUT2D eigenvalue weighted by molar-refractivity contribution is 0.328. The SMILES string of the molecule is NS(=O)(=O)CCCNC1CCCCC1c1ccccc1. The maximum atomic E-state index is 10.9. The van der Waals surface area contributed by atoms with Crippen molar-refractivity contribution < 1.29 is 8.42 Å². The first-order valence-electron chi connectivity index (χ1n) is 7.35. The molecule has 2 rings (SSSR count). The lowest BCUT2D eigenvalue weighted by Crippen LogP contribution is -2.38. The van der Waals surface area contributed by atoms with Crippen molar-refractivity contribution in [1.82, 2.24) is 5.32 Å². The van der Waals surface area contributed by atoms with Gasteiger partial charge in [-0.2, -0.15) is 0 Å². The second kappa shape index (κ2) is 7.20. The van der Waals surface area contributed by atoms with Crippen molar-refractivity contribution in [2.45, 2.75) is 44.1 Å². The molecule has 0 radical (unpaired) electrons. The summed E-state index contributed by atoms with van der Waals surface area (Å²) in [6, 6.07) is 11.0. The van der Waals surface area contributed by atoms with E-state index >= 15 is 0 Å². The fraction of sp³-hybridized carbons (Fsp3) is 0.600. The van der Waals surface area contributed by atoms with E-state index in [1.807, 2.05) is 6.07 Å². The van der Waals surface area contributed by atoms with Crippen molar-refractivity contribution in [2.24, 2.45) is 5.14 Å². The van der Waals surface area contributed by atoms with Gasteiger partial charge in [-0.1, -0.05) is 43.2 Å². The van der Waals surface area contributed by atoms with Crippen LogP contribution in [-0.4, -0.2) is 26.8 Å². The summed E-state index contributed by atoms with van der Waals surface area (Å²) < 4.78 is 21.8. The molecule has 0 saturated heterocycles. The minimum absolute atomic E-state index is 0.0583. The van der Waals surface area contributed by atoms with E-state index in [0.29, 0.717) is 24.9 Å². The Kier molecular flexibility index (Phi) is 5.57. The van der Waals surface area contributed by atoms with Crippen LogP contribution in [0.3, 0.4) is 0 Å². The zero-order valence-electron chi connectivity index (χ0n) is 11.8. The fourth-order valence-electron chi connectivity index (χ4n) is 3.04. The van der Waals surface area contributed by atoms with Gasteiger partial charge in [0.1, 0.15) is 0 Å². The van der Waals surface area contributed by atoms with Crippen LogP contribution in [0.15, 0.2) is 30.3 Å². The van der Waals surface area contributed by atoms with Crippen molar-refractivity contribution in [3.63, 3.8) is 0 Å². The molecular formula is C15H24N2O2S. The first-order valence-corrected chi connectivity index (χ1v) is 9.06. The quantitative estimate of drug-likeness (QED) is 0.788. The van der Waals surface area contributed by atoms with Crippen LogP contribution in [0, 0.1) is 0 Å². The van der Waals surface area contributed by atoms with Crippen molar-refractivity contribution in [3.8, 4) is 0 Å². The molecule has 0 spiro atoms. The first kappa shape index (κ1) is 15.5. The van der Waals surface area contributed by atoms with E-state index in [4.69, 9.17) is 5.14 Å². The van der Waals surface area contributed by atoms with E-state index < -0.39 is 10.0 Å². The van der Waals surface area contributed by atoms with Crippen molar-refractivity contribution >= 4 is 10.0 Å². The van der Waals surface area contributed by atoms with E-state index in [0.717, 1.165) is 6.42 Å². The molecule has 5 heteroatoms. The summed E-state index contributed by atoms with van der Waals surface area (Å²) in [6.45, 7) is 0.713. The van der Waals surface area contributed by atoms with Crippen molar-refractivity contribution in [1.29, 1.82) is 0 Å². The molecule has 4 nitrogen and oxygen atoms in total. The lowest BCUT2D eigenvalue weighted by atomic mass is 9.80. The van der Waals surface area contributed by atoms with Gasteiger partial charge in [0.05, 0.1) is 5.75 Å². The Hall–Kier alpha value is -0.910. The second-order valence-electron chi connectivity index (χ2n) is 5.58. The molecule has 0 aliphatic heterocycles. The molecule has 1 aromatic rings. The minimum atomic E-state index is -3.33. The summed E-state index contributed by atoms with van der Waals surface area (Å²) in [4.78, 5) is 0. The summed E-state index contributed by atoms with van der Waals surface area (Å²) in [6.07, 6.45) is 5.47. The molecular weight excluding hydrogens is 272 g/mol. The summed E-state index contributed by atoms with van der Waals surface area (Å²) >= 11 is 0. The fourth-order valence-corrected chi connectivity index (χ4v) is 3.58. The number of hydrogen-bond donors (Lipinski definition) is 2. The molecule has 112 valence electrons. The van der Waals surface area contributed by atoms with E-state index in [2.05, 4.69) is 29.6 Å². The average Bonchev–Trinajstić information content (AvgIpc) is 2.44. The highest BCUT2D eigenvalue weighted by molar-refractivity contribution is 7.89. The predicted molar refractivity (Wildman–Crippen MR) is 82.0 cm³/mol. The molecule has 0 bridgehead atoms. The molecule has 2 unspecified atom stereocenters. The summed E-state index contributed by atoms with van der Waals surface area (Å²) in [5.41, 5.74) is 1.39. The normalized spacial score (nSPS) is 23.6. The zero-order valence-corrected chi connectivity index (χ0v) is 12.6. The maximum Gasteiger partial charge on any atom is 0.209 e. The van der Waals surface area contributed by atoms with Crippen LogP contribution in [0.4, 0.5) is 0 Å². The minimum Gasteiger partial charge on any atom is -0.313 e. The molecule has 0 heterocycles. The van der Waals surface area contributed by atoms with Gasteiger partial charge in [0.25, 0.3) is 0 Å². The maximum absolute atomic E-state index is 10.9. The summed E-state index contributed by atoms with van der Waals surface area (Å²) in [5.74, 6) is 0.599. The monoisotopic (exact) mass is 296 g/mol. The highest BCUT2D eigenvalue weighted by Gasteiger charge is 2.25. The summed E-state index contributed by atoms with van der Waals surface area (Å²) in [7, 11) is -3.33. The molecule has 1 fully saturated rings. The number of sulfonamides is 1. The molecule has 1 aliphatic carbocycles. The van der Waals surface area contributed by atoms with Gasteiger partial charge in [0.2, 0.25) is 10.0 Å². The number of rotatable bonds is 6. The number of nitrogens with one attached hydrogen (secondary N) is 1. The van der Waals surface area contributed by atoms with Gasteiger partial charge in [-0.25, -0.2) is 13.6 Å². The van der Waals surface area contributed by atoms with Crippen LogP contribution in [0.25, 0.3) is 0 Å². The average molecular weight is 296 g/mol. The predicted octanol–water partition coefficient (Wildman–Crippen LogP) is 1.98. The van der Waals surface area contributed by atoms with Gasteiger partial charge in [-0.15, -0.1) is 0 Å². The molecule has 1 aromatic carbocycles. The Labute approximate surface area is 121 Å². The number of benzene rings is 1. The number of primary sulfonamides is 1.